The van der Waals surface area contributed by atoms with Crippen molar-refractivity contribution in [3.8, 4) is 6.07 Å². The van der Waals surface area contributed by atoms with Crippen molar-refractivity contribution in [2.75, 3.05) is 5.32 Å². The van der Waals surface area contributed by atoms with E-state index in [1.165, 1.54) is 21.5 Å². The number of para-hydroxylation sites is 1. The molecule has 0 aliphatic heterocycles. The van der Waals surface area contributed by atoms with Gasteiger partial charge in [0.05, 0.1) is 11.7 Å². The molecule has 0 saturated carbocycles. The highest BCUT2D eigenvalue weighted by atomic mass is 16.2. The van der Waals surface area contributed by atoms with Gasteiger partial charge in [0.1, 0.15) is 24.0 Å². The van der Waals surface area contributed by atoms with Gasteiger partial charge in [-0.1, -0.05) is 18.2 Å². The van der Waals surface area contributed by atoms with E-state index in [2.05, 4.69) is 10.4 Å². The molecule has 0 saturated heterocycles. The second-order valence-electron chi connectivity index (χ2n) is 5.46. The largest absolute Gasteiger partial charge is 0.308 e. The molecule has 3 aromatic rings. The Kier molecular flexibility index (Phi) is 3.88. The van der Waals surface area contributed by atoms with E-state index in [9.17, 15) is 9.59 Å². The summed E-state index contributed by atoms with van der Waals surface area (Å²) in [4.78, 5) is 24.7. The van der Waals surface area contributed by atoms with Gasteiger partial charge in [-0.3, -0.25) is 18.8 Å². The van der Waals surface area contributed by atoms with Crippen LogP contribution in [0.25, 0.3) is 10.9 Å². The highest BCUT2D eigenvalue weighted by molar-refractivity contribution is 5.92. The molecule has 2 aromatic heterocycles. The molecular formula is C17H15N5O2. The molecule has 1 amide bonds. The predicted molar refractivity (Wildman–Crippen MR) is 89.5 cm³/mol. The SMILES string of the molecule is Cc1cc(=O)n(CC(=O)Nc2c(C#N)cnn2C)c2ccccc12. The molecule has 1 aromatic carbocycles. The van der Waals surface area contributed by atoms with Gasteiger partial charge in [-0.05, 0) is 18.6 Å². The smallest absolute Gasteiger partial charge is 0.251 e. The molecule has 0 atom stereocenters. The number of nitriles is 1. The number of nitrogens with one attached hydrogen (secondary N) is 1. The Bertz CT molecular complexity index is 1040. The Balaban J connectivity index is 1.96. The Morgan fingerprint density at radius 3 is 2.88 bits per heavy atom. The van der Waals surface area contributed by atoms with E-state index in [4.69, 9.17) is 5.26 Å². The number of rotatable bonds is 3. The fourth-order valence-electron chi connectivity index (χ4n) is 2.65. The minimum Gasteiger partial charge on any atom is -0.308 e. The molecule has 0 spiro atoms. The van der Waals surface area contributed by atoms with Gasteiger partial charge in [0, 0.05) is 18.5 Å². The first-order valence-electron chi connectivity index (χ1n) is 7.32. The lowest BCUT2D eigenvalue weighted by Gasteiger charge is -2.12. The van der Waals surface area contributed by atoms with Crippen molar-refractivity contribution < 1.29 is 4.79 Å². The fourth-order valence-corrected chi connectivity index (χ4v) is 2.65. The molecule has 0 bridgehead atoms. The van der Waals surface area contributed by atoms with Gasteiger partial charge in [0.2, 0.25) is 5.91 Å². The Morgan fingerprint density at radius 2 is 2.12 bits per heavy atom. The number of hydrogen-bond acceptors (Lipinski definition) is 4. The summed E-state index contributed by atoms with van der Waals surface area (Å²) in [6.45, 7) is 1.72. The van der Waals surface area contributed by atoms with Gasteiger partial charge >= 0.3 is 0 Å². The van der Waals surface area contributed by atoms with Crippen molar-refractivity contribution in [1.29, 1.82) is 5.26 Å². The summed E-state index contributed by atoms with van der Waals surface area (Å²) in [5.74, 6) is -0.0850. The first-order valence-corrected chi connectivity index (χ1v) is 7.32. The molecule has 7 heteroatoms. The summed E-state index contributed by atoms with van der Waals surface area (Å²) < 4.78 is 2.83. The van der Waals surface area contributed by atoms with Crippen molar-refractivity contribution in [3.05, 3.63) is 58.0 Å². The van der Waals surface area contributed by atoms with Gasteiger partial charge in [-0.2, -0.15) is 10.4 Å². The summed E-state index contributed by atoms with van der Waals surface area (Å²) in [5, 5.41) is 16.5. The first-order chi connectivity index (χ1) is 11.5. The lowest BCUT2D eigenvalue weighted by Crippen LogP contribution is -2.28. The molecule has 3 rings (SSSR count). The van der Waals surface area contributed by atoms with Gasteiger partial charge < -0.3 is 5.32 Å². The minimum absolute atomic E-state index is 0.143. The number of pyridine rings is 1. The molecule has 0 aliphatic carbocycles. The Morgan fingerprint density at radius 1 is 1.38 bits per heavy atom. The molecule has 0 fully saturated rings. The maximum atomic E-state index is 12.4. The Labute approximate surface area is 137 Å². The standard InChI is InChI=1S/C17H15N5O2/c1-11-7-16(24)22(14-6-4-3-5-13(11)14)10-15(23)20-17-12(8-18)9-19-21(17)2/h3-7,9H,10H2,1-2H3,(H,20,23). The lowest BCUT2D eigenvalue weighted by molar-refractivity contribution is -0.116. The molecule has 120 valence electrons. The second kappa shape index (κ2) is 6.01. The molecule has 2 heterocycles. The van der Waals surface area contributed by atoms with Crippen LogP contribution < -0.4 is 10.9 Å². The molecular weight excluding hydrogens is 306 g/mol. The van der Waals surface area contributed by atoms with Gasteiger partial charge in [0.15, 0.2) is 0 Å². The average Bonchev–Trinajstić information content (AvgIpc) is 2.91. The number of carbonyl (C=O) groups excluding carboxylic acids is 1. The summed E-state index contributed by atoms with van der Waals surface area (Å²) in [6, 6.07) is 10.9. The number of fused-ring (bicyclic) bond motifs is 1. The average molecular weight is 321 g/mol. The van der Waals surface area contributed by atoms with Crippen LogP contribution in [0.2, 0.25) is 0 Å². The monoisotopic (exact) mass is 321 g/mol. The summed E-state index contributed by atoms with van der Waals surface area (Å²) >= 11 is 0. The van der Waals surface area contributed by atoms with Crippen LogP contribution >= 0.6 is 0 Å². The van der Waals surface area contributed by atoms with Crippen molar-refractivity contribution in [3.63, 3.8) is 0 Å². The van der Waals surface area contributed by atoms with E-state index >= 15 is 0 Å². The predicted octanol–water partition coefficient (Wildman–Crippen LogP) is 1.55. The number of carbonyl (C=O) groups is 1. The minimum atomic E-state index is -0.397. The molecule has 7 nitrogen and oxygen atoms in total. The van der Waals surface area contributed by atoms with Crippen LogP contribution in [0, 0.1) is 18.3 Å². The first kappa shape index (κ1) is 15.5. The number of amides is 1. The van der Waals surface area contributed by atoms with Crippen LogP contribution in [0.15, 0.2) is 41.3 Å². The molecule has 0 aliphatic rings. The Hall–Kier alpha value is -3.40. The van der Waals surface area contributed by atoms with Crippen molar-refractivity contribution in [2.24, 2.45) is 7.05 Å². The van der Waals surface area contributed by atoms with Crippen LogP contribution in [0.3, 0.4) is 0 Å². The molecule has 24 heavy (non-hydrogen) atoms. The van der Waals surface area contributed by atoms with E-state index in [0.29, 0.717) is 11.3 Å². The highest BCUT2D eigenvalue weighted by Gasteiger charge is 2.14. The van der Waals surface area contributed by atoms with Crippen molar-refractivity contribution in [2.45, 2.75) is 13.5 Å². The normalized spacial score (nSPS) is 10.5. The highest BCUT2D eigenvalue weighted by Crippen LogP contribution is 2.16. The zero-order chi connectivity index (χ0) is 17.3. The topological polar surface area (TPSA) is 92.7 Å². The van der Waals surface area contributed by atoms with Gasteiger partial charge in [0.25, 0.3) is 5.56 Å². The van der Waals surface area contributed by atoms with Crippen LogP contribution in [0.1, 0.15) is 11.1 Å². The van der Waals surface area contributed by atoms with E-state index < -0.39 is 5.91 Å². The van der Waals surface area contributed by atoms with Crippen LogP contribution in [0.5, 0.6) is 0 Å². The van der Waals surface area contributed by atoms with Crippen LogP contribution in [-0.4, -0.2) is 20.3 Å². The molecule has 0 radical (unpaired) electrons. The van der Waals surface area contributed by atoms with E-state index in [-0.39, 0.29) is 17.7 Å². The number of nitrogens with zero attached hydrogens (tertiary/aromatic N) is 4. The quantitative estimate of drug-likeness (QED) is 0.792. The fraction of sp³-hybridized carbons (Fsp3) is 0.176. The summed E-state index contributed by atoms with van der Waals surface area (Å²) in [7, 11) is 1.63. The van der Waals surface area contributed by atoms with Crippen molar-refractivity contribution in [1.82, 2.24) is 14.3 Å². The maximum Gasteiger partial charge on any atom is 0.251 e. The van der Waals surface area contributed by atoms with Crippen molar-refractivity contribution >= 4 is 22.6 Å². The number of anilines is 1. The van der Waals surface area contributed by atoms with Gasteiger partial charge in [-0.15, -0.1) is 0 Å². The second-order valence-corrected chi connectivity index (χ2v) is 5.46. The molecule has 1 N–H and O–H groups in total. The van der Waals surface area contributed by atoms with Gasteiger partial charge in [-0.25, -0.2) is 0 Å². The van der Waals surface area contributed by atoms with Crippen LogP contribution in [-0.2, 0) is 18.4 Å². The third kappa shape index (κ3) is 2.65. The molecule has 0 unspecified atom stereocenters. The van der Waals surface area contributed by atoms with E-state index in [1.54, 1.807) is 7.05 Å². The number of aryl methyl sites for hydroxylation is 2. The number of hydrogen-bond donors (Lipinski definition) is 1. The van der Waals surface area contributed by atoms with Crippen LogP contribution in [0.4, 0.5) is 5.82 Å². The van der Waals surface area contributed by atoms with E-state index in [1.807, 2.05) is 37.3 Å². The number of benzene rings is 1. The van der Waals surface area contributed by atoms with E-state index in [0.717, 1.165) is 10.9 Å². The summed E-state index contributed by atoms with van der Waals surface area (Å²) in [5.41, 5.74) is 1.59. The third-order valence-corrected chi connectivity index (χ3v) is 3.84. The zero-order valence-electron chi connectivity index (χ0n) is 13.3. The number of aromatic nitrogens is 3. The zero-order valence-corrected chi connectivity index (χ0v) is 13.3. The lowest BCUT2D eigenvalue weighted by atomic mass is 10.1. The third-order valence-electron chi connectivity index (χ3n) is 3.84. The summed E-state index contributed by atoms with van der Waals surface area (Å²) in [6.07, 6.45) is 1.38. The maximum absolute atomic E-state index is 12.4.